The highest BCUT2D eigenvalue weighted by molar-refractivity contribution is 8.13. The molecule has 0 amide bonds. The standard InChI is InChI=1S/C9H12F6OS/c1-5(16)17-3-2-6(10)7(11)4-9(14,15)8(12)13/h6-8H,2-4H2,1H3. The molecule has 17 heavy (non-hydrogen) atoms. The Hall–Kier alpha value is -0.400. The Kier molecular flexibility index (Phi) is 6.96. The minimum Gasteiger partial charge on any atom is -0.288 e. The van der Waals surface area contributed by atoms with Gasteiger partial charge in [0.05, 0.1) is 6.42 Å². The van der Waals surface area contributed by atoms with E-state index in [-0.39, 0.29) is 10.9 Å². The van der Waals surface area contributed by atoms with Crippen LogP contribution in [0.3, 0.4) is 0 Å². The molecule has 0 aliphatic rings. The van der Waals surface area contributed by atoms with E-state index in [1.807, 2.05) is 0 Å². The van der Waals surface area contributed by atoms with Crippen LogP contribution < -0.4 is 0 Å². The zero-order valence-corrected chi connectivity index (χ0v) is 9.75. The van der Waals surface area contributed by atoms with Crippen LogP contribution in [0.4, 0.5) is 26.3 Å². The molecular formula is C9H12F6OS. The van der Waals surface area contributed by atoms with Gasteiger partial charge in [-0.3, -0.25) is 4.79 Å². The third-order valence-electron chi connectivity index (χ3n) is 1.88. The average Bonchev–Trinajstić information content (AvgIpc) is 2.15. The van der Waals surface area contributed by atoms with Crippen LogP contribution in [-0.4, -0.2) is 35.6 Å². The first kappa shape index (κ1) is 16.6. The molecule has 0 bridgehead atoms. The van der Waals surface area contributed by atoms with Gasteiger partial charge in [-0.15, -0.1) is 0 Å². The Labute approximate surface area is 98.9 Å². The molecule has 0 aromatic rings. The maximum absolute atomic E-state index is 13.0. The third-order valence-corrected chi connectivity index (χ3v) is 2.72. The largest absolute Gasteiger partial charge is 0.310 e. The summed E-state index contributed by atoms with van der Waals surface area (Å²) in [5, 5.41) is -0.314. The molecule has 0 aliphatic heterocycles. The molecule has 0 rings (SSSR count). The molecule has 0 heterocycles. The highest BCUT2D eigenvalue weighted by Gasteiger charge is 2.44. The predicted octanol–water partition coefficient (Wildman–Crippen LogP) is 3.62. The summed E-state index contributed by atoms with van der Waals surface area (Å²) in [5.41, 5.74) is 0. The predicted molar refractivity (Wildman–Crippen MR) is 53.1 cm³/mol. The number of halogens is 6. The summed E-state index contributed by atoms with van der Waals surface area (Å²) in [7, 11) is 0. The highest BCUT2D eigenvalue weighted by atomic mass is 32.2. The fourth-order valence-electron chi connectivity index (χ4n) is 0.973. The van der Waals surface area contributed by atoms with Crippen molar-refractivity contribution in [2.75, 3.05) is 5.75 Å². The number of thioether (sulfide) groups is 1. The molecule has 1 nitrogen and oxygen atoms in total. The summed E-state index contributed by atoms with van der Waals surface area (Å²) in [6.07, 6.45) is -11.3. The minimum absolute atomic E-state index is 0.0723. The third kappa shape index (κ3) is 6.80. The van der Waals surface area contributed by atoms with E-state index in [0.717, 1.165) is 11.8 Å². The Balaban J connectivity index is 4.05. The highest BCUT2D eigenvalue weighted by Crippen LogP contribution is 2.31. The number of carbonyl (C=O) groups excluding carboxylic acids is 1. The summed E-state index contributed by atoms with van der Waals surface area (Å²) < 4.78 is 74.1. The fourth-order valence-corrected chi connectivity index (χ4v) is 1.60. The van der Waals surface area contributed by atoms with Gasteiger partial charge in [-0.05, 0) is 6.42 Å². The molecule has 0 aliphatic carbocycles. The molecule has 0 spiro atoms. The molecule has 0 aromatic carbocycles. The first-order chi connectivity index (χ1) is 7.66. The van der Waals surface area contributed by atoms with Gasteiger partial charge in [-0.1, -0.05) is 11.8 Å². The van der Waals surface area contributed by atoms with Crippen LogP contribution in [0.25, 0.3) is 0 Å². The molecular weight excluding hydrogens is 270 g/mol. The van der Waals surface area contributed by atoms with Crippen LogP contribution in [0, 0.1) is 0 Å². The molecule has 2 atom stereocenters. The van der Waals surface area contributed by atoms with E-state index >= 15 is 0 Å². The van der Waals surface area contributed by atoms with E-state index in [0.29, 0.717) is 0 Å². The van der Waals surface area contributed by atoms with Crippen molar-refractivity contribution in [3.8, 4) is 0 Å². The lowest BCUT2D eigenvalue weighted by Gasteiger charge is -2.19. The number of carbonyl (C=O) groups is 1. The molecule has 0 fully saturated rings. The van der Waals surface area contributed by atoms with E-state index in [1.54, 1.807) is 0 Å². The summed E-state index contributed by atoms with van der Waals surface area (Å²) in [5.74, 6) is -4.60. The van der Waals surface area contributed by atoms with E-state index in [9.17, 15) is 31.1 Å². The van der Waals surface area contributed by atoms with Gasteiger partial charge in [0.1, 0.15) is 12.3 Å². The zero-order chi connectivity index (χ0) is 13.6. The second kappa shape index (κ2) is 7.13. The molecule has 0 N–H and O–H groups in total. The monoisotopic (exact) mass is 282 g/mol. The fraction of sp³-hybridized carbons (Fsp3) is 0.889. The quantitative estimate of drug-likeness (QED) is 0.663. The lowest BCUT2D eigenvalue weighted by Crippen LogP contribution is -2.33. The summed E-state index contributed by atoms with van der Waals surface area (Å²) in [6.45, 7) is 1.22. The van der Waals surface area contributed by atoms with Crippen LogP contribution >= 0.6 is 11.8 Å². The lowest BCUT2D eigenvalue weighted by molar-refractivity contribution is -0.146. The van der Waals surface area contributed by atoms with E-state index in [4.69, 9.17) is 0 Å². The number of hydrogen-bond donors (Lipinski definition) is 0. The first-order valence-electron chi connectivity index (χ1n) is 4.74. The van der Waals surface area contributed by atoms with Crippen LogP contribution in [0.2, 0.25) is 0 Å². The Morgan fingerprint density at radius 1 is 1.18 bits per heavy atom. The van der Waals surface area contributed by atoms with Gasteiger partial charge >= 0.3 is 12.3 Å². The van der Waals surface area contributed by atoms with Crippen molar-refractivity contribution < 1.29 is 31.1 Å². The van der Waals surface area contributed by atoms with Crippen molar-refractivity contribution in [2.24, 2.45) is 0 Å². The average molecular weight is 282 g/mol. The topological polar surface area (TPSA) is 17.1 Å². The normalized spacial score (nSPS) is 16.0. The van der Waals surface area contributed by atoms with Crippen LogP contribution in [-0.2, 0) is 4.79 Å². The van der Waals surface area contributed by atoms with Gasteiger partial charge in [-0.2, -0.15) is 0 Å². The zero-order valence-electron chi connectivity index (χ0n) is 8.94. The second-order valence-corrected chi connectivity index (χ2v) is 4.70. The number of hydrogen-bond acceptors (Lipinski definition) is 2. The Morgan fingerprint density at radius 3 is 2.12 bits per heavy atom. The SMILES string of the molecule is CC(=O)SCCC(F)C(F)CC(F)(F)C(F)F. The Bertz CT molecular complexity index is 248. The minimum atomic E-state index is -4.53. The van der Waals surface area contributed by atoms with Crippen LogP contribution in [0.5, 0.6) is 0 Å². The van der Waals surface area contributed by atoms with Crippen molar-refractivity contribution >= 4 is 16.9 Å². The van der Waals surface area contributed by atoms with Crippen LogP contribution in [0.15, 0.2) is 0 Å². The van der Waals surface area contributed by atoms with Gasteiger partial charge in [0.25, 0.3) is 0 Å². The van der Waals surface area contributed by atoms with Gasteiger partial charge in [-0.25, -0.2) is 26.3 Å². The Morgan fingerprint density at radius 2 is 1.71 bits per heavy atom. The lowest BCUT2D eigenvalue weighted by atomic mass is 10.1. The summed E-state index contributed by atoms with van der Waals surface area (Å²) in [6, 6.07) is 0. The van der Waals surface area contributed by atoms with Crippen LogP contribution in [0.1, 0.15) is 19.8 Å². The summed E-state index contributed by atoms with van der Waals surface area (Å²) >= 11 is 0.720. The van der Waals surface area contributed by atoms with Crippen molar-refractivity contribution in [3.63, 3.8) is 0 Å². The van der Waals surface area contributed by atoms with E-state index in [2.05, 4.69) is 0 Å². The molecule has 102 valence electrons. The first-order valence-corrected chi connectivity index (χ1v) is 5.73. The molecule has 0 radical (unpaired) electrons. The summed E-state index contributed by atoms with van der Waals surface area (Å²) in [4.78, 5) is 10.4. The number of alkyl halides is 6. The van der Waals surface area contributed by atoms with Gasteiger partial charge < -0.3 is 0 Å². The number of rotatable bonds is 7. The van der Waals surface area contributed by atoms with Gasteiger partial charge in [0, 0.05) is 12.7 Å². The maximum atomic E-state index is 13.0. The molecule has 0 saturated carbocycles. The van der Waals surface area contributed by atoms with Crippen molar-refractivity contribution in [2.45, 2.75) is 44.5 Å². The molecule has 2 unspecified atom stereocenters. The van der Waals surface area contributed by atoms with Gasteiger partial charge in [0.2, 0.25) is 0 Å². The second-order valence-electron chi connectivity index (χ2n) is 3.43. The van der Waals surface area contributed by atoms with Crippen molar-refractivity contribution in [1.29, 1.82) is 0 Å². The van der Waals surface area contributed by atoms with Crippen molar-refractivity contribution in [3.05, 3.63) is 0 Å². The molecule has 0 aromatic heterocycles. The smallest absolute Gasteiger partial charge is 0.288 e. The van der Waals surface area contributed by atoms with Crippen molar-refractivity contribution in [1.82, 2.24) is 0 Å². The molecule has 8 heteroatoms. The van der Waals surface area contributed by atoms with Gasteiger partial charge in [0.15, 0.2) is 5.12 Å². The molecule has 0 saturated heterocycles. The maximum Gasteiger partial charge on any atom is 0.310 e. The van der Waals surface area contributed by atoms with E-state index < -0.39 is 37.5 Å². The van der Waals surface area contributed by atoms with E-state index in [1.165, 1.54) is 6.92 Å².